The normalized spacial score (nSPS) is 17.4. The summed E-state index contributed by atoms with van der Waals surface area (Å²) in [5.74, 6) is 0. The summed E-state index contributed by atoms with van der Waals surface area (Å²) in [4.78, 5) is 0.209. The number of rotatable bonds is 4. The lowest BCUT2D eigenvalue weighted by molar-refractivity contribution is 0.0632. The fourth-order valence-corrected chi connectivity index (χ4v) is 4.93. The molecular weight excluding hydrogens is 358 g/mol. The predicted octanol–water partition coefficient (Wildman–Crippen LogP) is 2.05. The second-order valence-electron chi connectivity index (χ2n) is 5.25. The number of hydrogen-bond donors (Lipinski definition) is 1. The molecular formula is C14H20BrNO4S. The van der Waals surface area contributed by atoms with Crippen molar-refractivity contribution in [3.05, 3.63) is 27.7 Å². The molecule has 1 fully saturated rings. The van der Waals surface area contributed by atoms with Gasteiger partial charge in [0, 0.05) is 30.8 Å². The monoisotopic (exact) mass is 377 g/mol. The molecule has 0 bridgehead atoms. The number of aliphatic hydroxyl groups is 1. The molecule has 2 rings (SSSR count). The number of hydrogen-bond acceptors (Lipinski definition) is 4. The van der Waals surface area contributed by atoms with Crippen molar-refractivity contribution in [2.75, 3.05) is 20.3 Å². The highest BCUT2D eigenvalue weighted by Gasteiger charge is 2.31. The fraction of sp³-hybridized carbons (Fsp3) is 0.571. The van der Waals surface area contributed by atoms with Gasteiger partial charge >= 0.3 is 0 Å². The third-order valence-corrected chi connectivity index (χ3v) is 7.07. The van der Waals surface area contributed by atoms with Gasteiger partial charge in [0.25, 0.3) is 0 Å². The van der Waals surface area contributed by atoms with Crippen molar-refractivity contribution in [1.29, 1.82) is 0 Å². The molecule has 0 aliphatic carbocycles. The Balaban J connectivity index is 2.40. The van der Waals surface area contributed by atoms with Crippen LogP contribution in [0.25, 0.3) is 0 Å². The van der Waals surface area contributed by atoms with E-state index in [1.165, 1.54) is 10.4 Å². The van der Waals surface area contributed by atoms with Crippen LogP contribution in [-0.4, -0.2) is 44.1 Å². The zero-order valence-corrected chi connectivity index (χ0v) is 14.6. The summed E-state index contributed by atoms with van der Waals surface area (Å²) in [5, 5.41) is 9.29. The van der Waals surface area contributed by atoms with E-state index in [1.54, 1.807) is 13.1 Å². The summed E-state index contributed by atoms with van der Waals surface area (Å²) in [6.45, 7) is 2.80. The Hall–Kier alpha value is -0.470. The van der Waals surface area contributed by atoms with Crippen molar-refractivity contribution in [2.45, 2.75) is 37.3 Å². The minimum Gasteiger partial charge on any atom is -0.392 e. The lowest BCUT2D eigenvalue weighted by Gasteiger charge is -2.30. The van der Waals surface area contributed by atoms with E-state index in [1.807, 2.05) is 6.92 Å². The van der Waals surface area contributed by atoms with Crippen molar-refractivity contribution in [1.82, 2.24) is 4.31 Å². The molecule has 1 N–H and O–H groups in total. The topological polar surface area (TPSA) is 66.8 Å². The lowest BCUT2D eigenvalue weighted by atomic mass is 10.1. The van der Waals surface area contributed by atoms with E-state index < -0.39 is 10.0 Å². The van der Waals surface area contributed by atoms with Crippen LogP contribution in [0.2, 0.25) is 0 Å². The molecule has 0 atom stereocenters. The van der Waals surface area contributed by atoms with Crippen LogP contribution in [0.5, 0.6) is 0 Å². The van der Waals surface area contributed by atoms with Gasteiger partial charge in [0.05, 0.1) is 11.5 Å². The Morgan fingerprint density at radius 2 is 2.00 bits per heavy atom. The van der Waals surface area contributed by atoms with Crippen LogP contribution >= 0.6 is 15.9 Å². The average molecular weight is 378 g/mol. The van der Waals surface area contributed by atoms with Gasteiger partial charge in [-0.1, -0.05) is 6.07 Å². The molecule has 0 radical (unpaired) electrons. The number of aliphatic hydroxyl groups excluding tert-OH is 1. The average Bonchev–Trinajstić information content (AvgIpc) is 2.49. The summed E-state index contributed by atoms with van der Waals surface area (Å²) in [5.41, 5.74) is 1.38. The lowest BCUT2D eigenvalue weighted by Crippen LogP contribution is -2.40. The highest BCUT2D eigenvalue weighted by molar-refractivity contribution is 9.10. The molecule has 7 heteroatoms. The van der Waals surface area contributed by atoms with Gasteiger partial charge in [-0.3, -0.25) is 0 Å². The van der Waals surface area contributed by atoms with Gasteiger partial charge in [-0.05, 0) is 52.9 Å². The van der Waals surface area contributed by atoms with E-state index in [0.717, 1.165) is 5.56 Å². The summed E-state index contributed by atoms with van der Waals surface area (Å²) in [6.07, 6.45) is 1.40. The van der Waals surface area contributed by atoms with Gasteiger partial charge in [0.2, 0.25) is 10.0 Å². The van der Waals surface area contributed by atoms with E-state index in [0.29, 0.717) is 36.1 Å². The number of halogens is 1. The molecule has 1 heterocycles. The summed E-state index contributed by atoms with van der Waals surface area (Å²) in [6, 6.07) is 3.26. The number of sulfonamides is 1. The first-order chi connectivity index (χ1) is 9.87. The van der Waals surface area contributed by atoms with Gasteiger partial charge in [-0.2, -0.15) is 4.31 Å². The van der Waals surface area contributed by atoms with E-state index >= 15 is 0 Å². The largest absolute Gasteiger partial charge is 0.392 e. The molecule has 0 unspecified atom stereocenters. The SMILES string of the molecule is Cc1cc(CO)cc(S(=O)(=O)N(C)C2CCOCC2)c1Br. The molecule has 0 spiro atoms. The van der Waals surface area contributed by atoms with Crippen molar-refractivity contribution < 1.29 is 18.3 Å². The van der Waals surface area contributed by atoms with E-state index in [4.69, 9.17) is 4.74 Å². The first-order valence-corrected chi connectivity index (χ1v) is 9.07. The van der Waals surface area contributed by atoms with Crippen molar-refractivity contribution in [3.63, 3.8) is 0 Å². The standard InChI is InChI=1S/C14H20BrNO4S/c1-10-7-11(9-17)8-13(14(10)15)21(18,19)16(2)12-3-5-20-6-4-12/h7-8,12,17H,3-6,9H2,1-2H3. The van der Waals surface area contributed by atoms with Gasteiger partial charge < -0.3 is 9.84 Å². The molecule has 0 aromatic heterocycles. The van der Waals surface area contributed by atoms with Crippen LogP contribution in [0.1, 0.15) is 24.0 Å². The molecule has 118 valence electrons. The summed E-state index contributed by atoms with van der Waals surface area (Å²) >= 11 is 3.36. The van der Waals surface area contributed by atoms with Crippen LogP contribution < -0.4 is 0 Å². The van der Waals surface area contributed by atoms with E-state index in [2.05, 4.69) is 15.9 Å². The van der Waals surface area contributed by atoms with E-state index in [9.17, 15) is 13.5 Å². The zero-order valence-electron chi connectivity index (χ0n) is 12.2. The van der Waals surface area contributed by atoms with Gasteiger partial charge in [0.1, 0.15) is 0 Å². The highest BCUT2D eigenvalue weighted by atomic mass is 79.9. The molecule has 1 saturated heterocycles. The number of benzene rings is 1. The van der Waals surface area contributed by atoms with Gasteiger partial charge in [-0.25, -0.2) is 8.42 Å². The highest BCUT2D eigenvalue weighted by Crippen LogP contribution is 2.31. The Kier molecular flexibility index (Phi) is 5.43. The van der Waals surface area contributed by atoms with Crippen LogP contribution in [-0.2, 0) is 21.4 Å². The third kappa shape index (κ3) is 3.48. The number of ether oxygens (including phenoxy) is 1. The minimum atomic E-state index is -3.60. The molecule has 0 amide bonds. The predicted molar refractivity (Wildman–Crippen MR) is 83.6 cm³/mol. The number of aryl methyl sites for hydroxylation is 1. The van der Waals surface area contributed by atoms with Crippen molar-refractivity contribution >= 4 is 26.0 Å². The maximum atomic E-state index is 12.8. The third-order valence-electron chi connectivity index (χ3n) is 3.83. The van der Waals surface area contributed by atoms with Crippen LogP contribution in [0, 0.1) is 6.92 Å². The van der Waals surface area contributed by atoms with Gasteiger partial charge in [-0.15, -0.1) is 0 Å². The Labute approximate surface area is 134 Å². The molecule has 0 saturated carbocycles. The molecule has 5 nitrogen and oxygen atoms in total. The number of nitrogens with zero attached hydrogens (tertiary/aromatic N) is 1. The molecule has 1 aromatic carbocycles. The Bertz CT molecular complexity index is 612. The first kappa shape index (κ1) is 16.9. The molecule has 1 aliphatic heterocycles. The second-order valence-corrected chi connectivity index (χ2v) is 8.01. The van der Waals surface area contributed by atoms with Crippen molar-refractivity contribution in [3.8, 4) is 0 Å². The quantitative estimate of drug-likeness (QED) is 0.871. The second kappa shape index (κ2) is 6.75. The Morgan fingerprint density at radius 1 is 1.38 bits per heavy atom. The van der Waals surface area contributed by atoms with Gasteiger partial charge in [0.15, 0.2) is 0 Å². The summed E-state index contributed by atoms with van der Waals surface area (Å²) < 4.78 is 33.0. The maximum absolute atomic E-state index is 12.8. The molecule has 1 aliphatic rings. The first-order valence-electron chi connectivity index (χ1n) is 6.83. The van der Waals surface area contributed by atoms with Crippen LogP contribution in [0.15, 0.2) is 21.5 Å². The fourth-order valence-electron chi connectivity index (χ4n) is 2.49. The van der Waals surface area contributed by atoms with Crippen LogP contribution in [0.4, 0.5) is 0 Å². The smallest absolute Gasteiger partial charge is 0.244 e. The minimum absolute atomic E-state index is 0.0475. The molecule has 1 aromatic rings. The Morgan fingerprint density at radius 3 is 2.57 bits per heavy atom. The summed E-state index contributed by atoms with van der Waals surface area (Å²) in [7, 11) is -1.99. The zero-order chi connectivity index (χ0) is 15.6. The maximum Gasteiger partial charge on any atom is 0.244 e. The van der Waals surface area contributed by atoms with Crippen LogP contribution in [0.3, 0.4) is 0 Å². The van der Waals surface area contributed by atoms with Crippen molar-refractivity contribution in [2.24, 2.45) is 0 Å². The molecule has 21 heavy (non-hydrogen) atoms. The van der Waals surface area contributed by atoms with E-state index in [-0.39, 0.29) is 17.5 Å².